The third kappa shape index (κ3) is 6.44. The Hall–Kier alpha value is 0.270. The molecule has 0 aromatic heterocycles. The monoisotopic (exact) mass is 231 g/mol. The van der Waals surface area contributed by atoms with Crippen LogP contribution in [-0.2, 0) is 0 Å². The Morgan fingerprint density at radius 2 is 1.93 bits per heavy atom. The van der Waals surface area contributed by atoms with Crippen molar-refractivity contribution in [2.75, 3.05) is 18.8 Å². The lowest BCUT2D eigenvalue weighted by atomic mass is 10.2. The van der Waals surface area contributed by atoms with E-state index in [2.05, 4.69) is 19.2 Å². The molecule has 0 heterocycles. The van der Waals surface area contributed by atoms with Crippen LogP contribution in [0.4, 0.5) is 0 Å². The van der Waals surface area contributed by atoms with E-state index in [0.717, 1.165) is 24.1 Å². The standard InChI is InChI=1S/C12H25NOS/c1-10(2)7-13-8-11(14)9-15-12-5-3-4-6-12/h10-14H,3-9H2,1-2H3. The van der Waals surface area contributed by atoms with Crippen LogP contribution in [0.3, 0.4) is 0 Å². The highest BCUT2D eigenvalue weighted by Gasteiger charge is 2.16. The highest BCUT2D eigenvalue weighted by atomic mass is 32.2. The van der Waals surface area contributed by atoms with Gasteiger partial charge in [0.05, 0.1) is 6.10 Å². The van der Waals surface area contributed by atoms with Crippen LogP contribution < -0.4 is 5.32 Å². The second kappa shape index (κ2) is 7.53. The molecule has 0 bridgehead atoms. The summed E-state index contributed by atoms with van der Waals surface area (Å²) in [5.74, 6) is 1.56. The molecule has 0 saturated heterocycles. The van der Waals surface area contributed by atoms with Gasteiger partial charge in [0.2, 0.25) is 0 Å². The van der Waals surface area contributed by atoms with Gasteiger partial charge in [-0.15, -0.1) is 0 Å². The normalized spacial score (nSPS) is 20.0. The van der Waals surface area contributed by atoms with Crippen molar-refractivity contribution in [3.63, 3.8) is 0 Å². The third-order valence-electron chi connectivity index (χ3n) is 2.76. The molecular formula is C12H25NOS. The molecule has 0 aromatic rings. The van der Waals surface area contributed by atoms with E-state index < -0.39 is 0 Å². The zero-order chi connectivity index (χ0) is 11.1. The third-order valence-corrected chi connectivity index (χ3v) is 4.28. The van der Waals surface area contributed by atoms with Crippen molar-refractivity contribution in [3.8, 4) is 0 Å². The number of aliphatic hydroxyl groups excluding tert-OH is 1. The molecule has 1 saturated carbocycles. The zero-order valence-corrected chi connectivity index (χ0v) is 10.9. The van der Waals surface area contributed by atoms with E-state index in [-0.39, 0.29) is 6.10 Å². The SMILES string of the molecule is CC(C)CNCC(O)CSC1CCCC1. The number of nitrogens with one attached hydrogen (secondary N) is 1. The van der Waals surface area contributed by atoms with Gasteiger partial charge < -0.3 is 10.4 Å². The van der Waals surface area contributed by atoms with Crippen LogP contribution in [-0.4, -0.2) is 35.3 Å². The van der Waals surface area contributed by atoms with Gasteiger partial charge in [0.25, 0.3) is 0 Å². The summed E-state index contributed by atoms with van der Waals surface area (Å²) < 4.78 is 0. The molecule has 2 nitrogen and oxygen atoms in total. The minimum atomic E-state index is -0.172. The van der Waals surface area contributed by atoms with Gasteiger partial charge in [-0.3, -0.25) is 0 Å². The minimum absolute atomic E-state index is 0.172. The van der Waals surface area contributed by atoms with Gasteiger partial charge in [-0.05, 0) is 25.3 Å². The fourth-order valence-electron chi connectivity index (χ4n) is 1.90. The largest absolute Gasteiger partial charge is 0.391 e. The van der Waals surface area contributed by atoms with Crippen LogP contribution in [0.1, 0.15) is 39.5 Å². The van der Waals surface area contributed by atoms with E-state index in [1.807, 2.05) is 11.8 Å². The predicted octanol–water partition coefficient (Wildman–Crippen LogP) is 2.27. The molecule has 1 fully saturated rings. The summed E-state index contributed by atoms with van der Waals surface area (Å²) in [5, 5.41) is 13.9. The van der Waals surface area contributed by atoms with Gasteiger partial charge in [0.15, 0.2) is 0 Å². The Morgan fingerprint density at radius 3 is 2.53 bits per heavy atom. The van der Waals surface area contributed by atoms with E-state index in [1.54, 1.807) is 0 Å². The fourth-order valence-corrected chi connectivity index (χ4v) is 3.18. The fraction of sp³-hybridized carbons (Fsp3) is 1.00. The summed E-state index contributed by atoms with van der Waals surface area (Å²) in [5.41, 5.74) is 0. The second-order valence-corrected chi connectivity index (χ2v) is 6.28. The molecule has 0 amide bonds. The first-order valence-corrected chi connectivity index (χ1v) is 7.23. The van der Waals surface area contributed by atoms with Crippen molar-refractivity contribution in [1.29, 1.82) is 0 Å². The first-order chi connectivity index (χ1) is 7.18. The van der Waals surface area contributed by atoms with Gasteiger partial charge in [-0.1, -0.05) is 26.7 Å². The summed E-state index contributed by atoms with van der Waals surface area (Å²) in [4.78, 5) is 0. The van der Waals surface area contributed by atoms with Crippen LogP contribution >= 0.6 is 11.8 Å². The Balaban J connectivity index is 1.95. The summed E-state index contributed by atoms with van der Waals surface area (Å²) in [6, 6.07) is 0. The molecule has 0 aromatic carbocycles. The summed E-state index contributed by atoms with van der Waals surface area (Å²) in [6.07, 6.45) is 5.32. The van der Waals surface area contributed by atoms with E-state index in [1.165, 1.54) is 25.7 Å². The molecule has 1 unspecified atom stereocenters. The second-order valence-electron chi connectivity index (χ2n) is 4.95. The van der Waals surface area contributed by atoms with Gasteiger partial charge in [0.1, 0.15) is 0 Å². The highest BCUT2D eigenvalue weighted by Crippen LogP contribution is 2.29. The van der Waals surface area contributed by atoms with Gasteiger partial charge in [0, 0.05) is 17.5 Å². The Bertz CT molecular complexity index is 158. The average molecular weight is 231 g/mol. The topological polar surface area (TPSA) is 32.3 Å². The first-order valence-electron chi connectivity index (χ1n) is 6.19. The van der Waals surface area contributed by atoms with E-state index >= 15 is 0 Å². The quantitative estimate of drug-likeness (QED) is 0.705. The number of aliphatic hydroxyl groups is 1. The summed E-state index contributed by atoms with van der Waals surface area (Å²) in [7, 11) is 0. The maximum absolute atomic E-state index is 9.74. The lowest BCUT2D eigenvalue weighted by Crippen LogP contribution is -2.31. The van der Waals surface area contributed by atoms with E-state index in [0.29, 0.717) is 5.92 Å². The summed E-state index contributed by atoms with van der Waals surface area (Å²) >= 11 is 1.96. The first kappa shape index (κ1) is 13.3. The van der Waals surface area contributed by atoms with Crippen molar-refractivity contribution >= 4 is 11.8 Å². The van der Waals surface area contributed by atoms with Crippen LogP contribution in [0.25, 0.3) is 0 Å². The predicted molar refractivity (Wildman–Crippen MR) is 68.4 cm³/mol. The smallest absolute Gasteiger partial charge is 0.0754 e. The molecule has 0 spiro atoms. The van der Waals surface area contributed by atoms with Crippen molar-refractivity contribution in [3.05, 3.63) is 0 Å². The molecule has 1 aliphatic carbocycles. The molecule has 1 atom stereocenters. The van der Waals surface area contributed by atoms with Crippen molar-refractivity contribution in [2.45, 2.75) is 50.9 Å². The molecule has 15 heavy (non-hydrogen) atoms. The minimum Gasteiger partial charge on any atom is -0.391 e. The van der Waals surface area contributed by atoms with Gasteiger partial charge >= 0.3 is 0 Å². The molecule has 0 radical (unpaired) electrons. The number of thioether (sulfide) groups is 1. The van der Waals surface area contributed by atoms with E-state index in [4.69, 9.17) is 0 Å². The molecule has 1 aliphatic rings. The van der Waals surface area contributed by atoms with Gasteiger partial charge in [-0.25, -0.2) is 0 Å². The number of hydrogen-bond donors (Lipinski definition) is 2. The molecule has 2 N–H and O–H groups in total. The molecule has 0 aliphatic heterocycles. The Labute approximate surface area is 98.2 Å². The maximum atomic E-state index is 9.74. The number of rotatable bonds is 7. The molecular weight excluding hydrogens is 206 g/mol. The maximum Gasteiger partial charge on any atom is 0.0754 e. The molecule has 3 heteroatoms. The zero-order valence-electron chi connectivity index (χ0n) is 10.0. The average Bonchev–Trinajstić information content (AvgIpc) is 2.66. The van der Waals surface area contributed by atoms with Crippen LogP contribution in [0.2, 0.25) is 0 Å². The van der Waals surface area contributed by atoms with E-state index in [9.17, 15) is 5.11 Å². The highest BCUT2D eigenvalue weighted by molar-refractivity contribution is 7.99. The van der Waals surface area contributed by atoms with Crippen molar-refractivity contribution in [1.82, 2.24) is 5.32 Å². The van der Waals surface area contributed by atoms with Crippen LogP contribution in [0.5, 0.6) is 0 Å². The molecule has 90 valence electrons. The van der Waals surface area contributed by atoms with Crippen molar-refractivity contribution < 1.29 is 5.11 Å². The van der Waals surface area contributed by atoms with Crippen LogP contribution in [0, 0.1) is 5.92 Å². The Kier molecular flexibility index (Phi) is 6.69. The molecule has 1 rings (SSSR count). The number of hydrogen-bond acceptors (Lipinski definition) is 3. The van der Waals surface area contributed by atoms with Crippen molar-refractivity contribution in [2.24, 2.45) is 5.92 Å². The lowest BCUT2D eigenvalue weighted by molar-refractivity contribution is 0.194. The summed E-state index contributed by atoms with van der Waals surface area (Å²) in [6.45, 7) is 6.13. The lowest BCUT2D eigenvalue weighted by Gasteiger charge is -2.15. The van der Waals surface area contributed by atoms with Crippen LogP contribution in [0.15, 0.2) is 0 Å². The Morgan fingerprint density at radius 1 is 1.27 bits per heavy atom. The van der Waals surface area contributed by atoms with Gasteiger partial charge in [-0.2, -0.15) is 11.8 Å².